The van der Waals surface area contributed by atoms with Crippen LogP contribution in [0.1, 0.15) is 18.9 Å². The second-order valence-electron chi connectivity index (χ2n) is 4.33. The summed E-state index contributed by atoms with van der Waals surface area (Å²) in [4.78, 5) is 3.94. The molecule has 0 aliphatic rings. The SMILES string of the molecule is CCCn1cc(S(=O)(=O)NCc2cccnc2)c(N)n1. The number of aryl methyl sites for hydroxylation is 1. The number of nitrogen functional groups attached to an aromatic ring is 1. The van der Waals surface area contributed by atoms with Crippen LogP contribution in [0.5, 0.6) is 0 Å². The smallest absolute Gasteiger partial charge is 0.246 e. The molecule has 0 aliphatic carbocycles. The van der Waals surface area contributed by atoms with Gasteiger partial charge in [0.2, 0.25) is 10.0 Å². The van der Waals surface area contributed by atoms with E-state index in [9.17, 15) is 8.42 Å². The number of anilines is 1. The van der Waals surface area contributed by atoms with E-state index in [2.05, 4.69) is 14.8 Å². The standard InChI is InChI=1S/C12H17N5O2S/c1-2-6-17-9-11(12(13)16-17)20(18,19)15-8-10-4-3-5-14-7-10/h3-5,7,9,15H,2,6,8H2,1H3,(H2,13,16). The Morgan fingerprint density at radius 2 is 2.25 bits per heavy atom. The van der Waals surface area contributed by atoms with Crippen molar-refractivity contribution in [3.8, 4) is 0 Å². The molecule has 7 nitrogen and oxygen atoms in total. The summed E-state index contributed by atoms with van der Waals surface area (Å²) >= 11 is 0. The van der Waals surface area contributed by atoms with Crippen LogP contribution in [-0.4, -0.2) is 23.2 Å². The molecule has 0 aromatic carbocycles. The highest BCUT2D eigenvalue weighted by molar-refractivity contribution is 7.89. The summed E-state index contributed by atoms with van der Waals surface area (Å²) in [5.74, 6) is 0.0112. The first-order chi connectivity index (χ1) is 9.53. The van der Waals surface area contributed by atoms with Crippen LogP contribution in [0.3, 0.4) is 0 Å². The van der Waals surface area contributed by atoms with Crippen LogP contribution < -0.4 is 10.5 Å². The molecule has 0 amide bonds. The third-order valence-electron chi connectivity index (χ3n) is 2.69. The van der Waals surface area contributed by atoms with Gasteiger partial charge in [-0.05, 0) is 18.1 Å². The Balaban J connectivity index is 2.14. The van der Waals surface area contributed by atoms with E-state index in [-0.39, 0.29) is 17.3 Å². The van der Waals surface area contributed by atoms with Crippen LogP contribution in [0.25, 0.3) is 0 Å². The highest BCUT2D eigenvalue weighted by Crippen LogP contribution is 2.16. The van der Waals surface area contributed by atoms with E-state index < -0.39 is 10.0 Å². The number of aromatic nitrogens is 3. The van der Waals surface area contributed by atoms with Crippen molar-refractivity contribution < 1.29 is 8.42 Å². The molecule has 0 unspecified atom stereocenters. The lowest BCUT2D eigenvalue weighted by atomic mass is 10.3. The molecule has 8 heteroatoms. The molecule has 0 fully saturated rings. The Bertz CT molecular complexity index is 666. The van der Waals surface area contributed by atoms with Gasteiger partial charge in [-0.25, -0.2) is 13.1 Å². The minimum atomic E-state index is -3.67. The number of sulfonamides is 1. The fourth-order valence-electron chi connectivity index (χ4n) is 1.73. The summed E-state index contributed by atoms with van der Waals surface area (Å²) < 4.78 is 28.4. The Morgan fingerprint density at radius 3 is 2.90 bits per heavy atom. The summed E-state index contributed by atoms with van der Waals surface area (Å²) in [5.41, 5.74) is 6.44. The van der Waals surface area contributed by atoms with E-state index in [1.54, 1.807) is 24.5 Å². The molecular weight excluding hydrogens is 278 g/mol. The molecule has 0 bridgehead atoms. The van der Waals surface area contributed by atoms with Gasteiger partial charge in [0.15, 0.2) is 5.82 Å². The quantitative estimate of drug-likeness (QED) is 0.818. The fourth-order valence-corrected chi connectivity index (χ4v) is 2.82. The number of hydrogen-bond donors (Lipinski definition) is 2. The first-order valence-corrected chi connectivity index (χ1v) is 7.72. The lowest BCUT2D eigenvalue weighted by molar-refractivity contribution is 0.579. The van der Waals surface area contributed by atoms with Gasteiger partial charge in [-0.15, -0.1) is 0 Å². The molecule has 0 spiro atoms. The van der Waals surface area contributed by atoms with Crippen LogP contribution >= 0.6 is 0 Å². The fraction of sp³-hybridized carbons (Fsp3) is 0.333. The maximum atomic E-state index is 12.2. The molecule has 0 saturated heterocycles. The average molecular weight is 295 g/mol. The minimum Gasteiger partial charge on any atom is -0.381 e. The van der Waals surface area contributed by atoms with E-state index in [1.165, 1.54) is 10.9 Å². The molecule has 0 radical (unpaired) electrons. The number of hydrogen-bond acceptors (Lipinski definition) is 5. The van der Waals surface area contributed by atoms with Crippen molar-refractivity contribution in [2.75, 3.05) is 5.73 Å². The van der Waals surface area contributed by atoms with Crippen molar-refractivity contribution in [2.45, 2.75) is 31.3 Å². The highest BCUT2D eigenvalue weighted by Gasteiger charge is 2.20. The van der Waals surface area contributed by atoms with Gasteiger partial charge in [-0.2, -0.15) is 5.10 Å². The van der Waals surface area contributed by atoms with Gasteiger partial charge in [0.05, 0.1) is 0 Å². The van der Waals surface area contributed by atoms with Gasteiger partial charge in [-0.3, -0.25) is 9.67 Å². The Hall–Kier alpha value is -1.93. The number of nitrogens with one attached hydrogen (secondary N) is 1. The molecule has 3 N–H and O–H groups in total. The second kappa shape index (κ2) is 6.02. The van der Waals surface area contributed by atoms with Gasteiger partial charge in [0, 0.05) is 31.7 Å². The topological polar surface area (TPSA) is 103 Å². The monoisotopic (exact) mass is 295 g/mol. The predicted octanol–water partition coefficient (Wildman–Crippen LogP) is 0.749. The first-order valence-electron chi connectivity index (χ1n) is 6.24. The van der Waals surface area contributed by atoms with Crippen molar-refractivity contribution in [2.24, 2.45) is 0 Å². The maximum absolute atomic E-state index is 12.2. The zero-order valence-corrected chi connectivity index (χ0v) is 12.0. The van der Waals surface area contributed by atoms with Gasteiger partial charge in [0.25, 0.3) is 0 Å². The number of rotatable bonds is 6. The molecule has 2 aromatic rings. The lowest BCUT2D eigenvalue weighted by Crippen LogP contribution is -2.23. The van der Waals surface area contributed by atoms with E-state index in [1.807, 2.05) is 6.92 Å². The second-order valence-corrected chi connectivity index (χ2v) is 6.06. The molecule has 2 aromatic heterocycles. The molecule has 20 heavy (non-hydrogen) atoms. The van der Waals surface area contributed by atoms with E-state index >= 15 is 0 Å². The molecule has 0 saturated carbocycles. The Labute approximate surface area is 117 Å². The lowest BCUT2D eigenvalue weighted by Gasteiger charge is -2.05. The summed E-state index contributed by atoms with van der Waals surface area (Å²) in [6.07, 6.45) is 5.53. The third-order valence-corrected chi connectivity index (χ3v) is 4.10. The molecule has 0 aliphatic heterocycles. The van der Waals surface area contributed by atoms with Crippen molar-refractivity contribution in [3.63, 3.8) is 0 Å². The van der Waals surface area contributed by atoms with Crippen molar-refractivity contribution in [3.05, 3.63) is 36.3 Å². The van der Waals surface area contributed by atoms with Crippen LogP contribution in [0, 0.1) is 0 Å². The predicted molar refractivity (Wildman–Crippen MR) is 75.2 cm³/mol. The zero-order valence-electron chi connectivity index (χ0n) is 11.2. The number of nitrogens with two attached hydrogens (primary N) is 1. The first kappa shape index (κ1) is 14.5. The average Bonchev–Trinajstić information content (AvgIpc) is 2.80. The van der Waals surface area contributed by atoms with Gasteiger partial charge in [0.1, 0.15) is 4.90 Å². The largest absolute Gasteiger partial charge is 0.381 e. The molecular formula is C12H17N5O2S. The summed E-state index contributed by atoms with van der Waals surface area (Å²) in [5, 5.41) is 3.98. The molecule has 2 rings (SSSR count). The Kier molecular flexibility index (Phi) is 4.35. The Morgan fingerprint density at radius 1 is 1.45 bits per heavy atom. The maximum Gasteiger partial charge on any atom is 0.246 e. The van der Waals surface area contributed by atoms with E-state index in [0.717, 1.165) is 12.0 Å². The summed E-state index contributed by atoms with van der Waals surface area (Å²) in [6.45, 7) is 2.77. The molecule has 108 valence electrons. The van der Waals surface area contributed by atoms with E-state index in [4.69, 9.17) is 5.73 Å². The van der Waals surface area contributed by atoms with Gasteiger partial charge in [-0.1, -0.05) is 13.0 Å². The summed E-state index contributed by atoms with van der Waals surface area (Å²) in [6, 6.07) is 3.54. The van der Waals surface area contributed by atoms with Crippen LogP contribution in [-0.2, 0) is 23.1 Å². The van der Waals surface area contributed by atoms with Crippen molar-refractivity contribution >= 4 is 15.8 Å². The summed E-state index contributed by atoms with van der Waals surface area (Å²) in [7, 11) is -3.67. The number of pyridine rings is 1. The van der Waals surface area contributed by atoms with Crippen LogP contribution in [0.15, 0.2) is 35.6 Å². The normalized spacial score (nSPS) is 11.7. The van der Waals surface area contributed by atoms with Gasteiger partial charge >= 0.3 is 0 Å². The van der Waals surface area contributed by atoms with Crippen LogP contribution in [0.2, 0.25) is 0 Å². The molecule has 0 atom stereocenters. The number of nitrogens with zero attached hydrogens (tertiary/aromatic N) is 3. The van der Waals surface area contributed by atoms with Crippen molar-refractivity contribution in [1.82, 2.24) is 19.5 Å². The van der Waals surface area contributed by atoms with Crippen molar-refractivity contribution in [1.29, 1.82) is 0 Å². The van der Waals surface area contributed by atoms with Crippen LogP contribution in [0.4, 0.5) is 5.82 Å². The van der Waals surface area contributed by atoms with E-state index in [0.29, 0.717) is 6.54 Å². The zero-order chi connectivity index (χ0) is 14.6. The third kappa shape index (κ3) is 3.34. The van der Waals surface area contributed by atoms with Gasteiger partial charge < -0.3 is 5.73 Å². The molecule has 2 heterocycles. The highest BCUT2D eigenvalue weighted by atomic mass is 32.2. The minimum absolute atomic E-state index is 0.00911.